The first-order valence-electron chi connectivity index (χ1n) is 9.38. The van der Waals surface area contributed by atoms with Crippen molar-refractivity contribution in [1.82, 2.24) is 4.90 Å². The van der Waals surface area contributed by atoms with Crippen molar-refractivity contribution in [3.63, 3.8) is 0 Å². The van der Waals surface area contributed by atoms with Gasteiger partial charge >= 0.3 is 11.9 Å². The molecule has 1 aliphatic carbocycles. The van der Waals surface area contributed by atoms with Crippen molar-refractivity contribution < 1.29 is 14.3 Å². The zero-order valence-electron chi connectivity index (χ0n) is 16.2. The molecule has 1 saturated carbocycles. The summed E-state index contributed by atoms with van der Waals surface area (Å²) in [5.74, 6) is -0.373. The van der Waals surface area contributed by atoms with Crippen LogP contribution in [0.1, 0.15) is 60.3 Å². The summed E-state index contributed by atoms with van der Waals surface area (Å²) in [5, 5.41) is 0. The standard InChI is InChI=1S/C21H29NO3/c1-11(2)16(19-17(12(3)4)20(23)25-21(19)24)18-13(5)22(6)15-10-8-7-9-14(15)18/h11,14-15H,7-10H2,1-6H3/b19-16+. The molecule has 2 aliphatic heterocycles. The zero-order valence-corrected chi connectivity index (χ0v) is 16.2. The Morgan fingerprint density at radius 1 is 1.08 bits per heavy atom. The van der Waals surface area contributed by atoms with Gasteiger partial charge in [0.1, 0.15) is 0 Å². The van der Waals surface area contributed by atoms with E-state index in [1.54, 1.807) is 0 Å². The molecule has 0 radical (unpaired) electrons. The lowest BCUT2D eigenvalue weighted by Gasteiger charge is -2.33. The fourth-order valence-electron chi connectivity index (χ4n) is 4.84. The van der Waals surface area contributed by atoms with Gasteiger partial charge < -0.3 is 9.64 Å². The molecule has 2 atom stereocenters. The summed E-state index contributed by atoms with van der Waals surface area (Å²) in [6.07, 6.45) is 4.84. The minimum absolute atomic E-state index is 0.154. The topological polar surface area (TPSA) is 46.6 Å². The van der Waals surface area contributed by atoms with Crippen molar-refractivity contribution in [3.8, 4) is 0 Å². The lowest BCUT2D eigenvalue weighted by molar-refractivity contribution is -0.149. The molecule has 2 heterocycles. The quantitative estimate of drug-likeness (QED) is 0.429. The van der Waals surface area contributed by atoms with E-state index in [9.17, 15) is 9.59 Å². The van der Waals surface area contributed by atoms with E-state index >= 15 is 0 Å². The second-order valence-corrected chi connectivity index (χ2v) is 8.06. The van der Waals surface area contributed by atoms with Crippen molar-refractivity contribution in [3.05, 3.63) is 33.6 Å². The van der Waals surface area contributed by atoms with Gasteiger partial charge in [0.2, 0.25) is 0 Å². The van der Waals surface area contributed by atoms with Gasteiger partial charge in [0, 0.05) is 24.7 Å². The molecule has 1 saturated heterocycles. The van der Waals surface area contributed by atoms with Gasteiger partial charge in [0.15, 0.2) is 0 Å². The highest BCUT2D eigenvalue weighted by Crippen LogP contribution is 2.48. The molecular formula is C21H29NO3. The number of hydrogen-bond donors (Lipinski definition) is 0. The highest BCUT2D eigenvalue weighted by Gasteiger charge is 2.44. The molecule has 2 unspecified atom stereocenters. The van der Waals surface area contributed by atoms with E-state index in [4.69, 9.17) is 4.74 Å². The van der Waals surface area contributed by atoms with Crippen LogP contribution in [0.5, 0.6) is 0 Å². The Labute approximate surface area is 150 Å². The first kappa shape index (κ1) is 18.0. The van der Waals surface area contributed by atoms with E-state index in [-0.39, 0.29) is 5.92 Å². The molecule has 4 heteroatoms. The van der Waals surface area contributed by atoms with Crippen molar-refractivity contribution in [2.75, 3.05) is 7.05 Å². The minimum atomic E-state index is -0.497. The third-order valence-electron chi connectivity index (χ3n) is 6.00. The zero-order chi connectivity index (χ0) is 18.5. The molecule has 3 aliphatic rings. The first-order valence-corrected chi connectivity index (χ1v) is 9.38. The smallest absolute Gasteiger partial charge is 0.347 e. The number of cyclic esters (lactones) is 2. The second-order valence-electron chi connectivity index (χ2n) is 8.06. The van der Waals surface area contributed by atoms with Crippen molar-refractivity contribution in [1.29, 1.82) is 0 Å². The molecule has 3 rings (SSSR count). The Morgan fingerprint density at radius 2 is 1.68 bits per heavy atom. The normalized spacial score (nSPS) is 28.8. The second kappa shape index (κ2) is 6.47. The van der Waals surface area contributed by atoms with Crippen LogP contribution < -0.4 is 0 Å². The number of nitrogens with zero attached hydrogens (tertiary/aromatic N) is 1. The maximum atomic E-state index is 12.6. The summed E-state index contributed by atoms with van der Waals surface area (Å²) < 4.78 is 5.01. The molecule has 25 heavy (non-hydrogen) atoms. The SMILES string of the molecule is CC(C)=C1C(=O)OC(=O)/C1=C(/C1=C(C)N(C)C2CCCCC12)C(C)C. The van der Waals surface area contributed by atoms with Crippen molar-refractivity contribution in [2.24, 2.45) is 11.8 Å². The summed E-state index contributed by atoms with van der Waals surface area (Å²) >= 11 is 0. The molecule has 0 N–H and O–H groups in total. The van der Waals surface area contributed by atoms with Crippen LogP contribution in [0, 0.1) is 11.8 Å². The van der Waals surface area contributed by atoms with Gasteiger partial charge in [-0.15, -0.1) is 0 Å². The number of ether oxygens (including phenoxy) is 1. The lowest BCUT2D eigenvalue weighted by atomic mass is 9.75. The Hall–Kier alpha value is -1.84. The predicted octanol–water partition coefficient (Wildman–Crippen LogP) is 4.14. The van der Waals surface area contributed by atoms with Crippen molar-refractivity contribution in [2.45, 2.75) is 66.3 Å². The summed E-state index contributed by atoms with van der Waals surface area (Å²) in [6.45, 7) is 10.1. The Kier molecular flexibility index (Phi) is 4.65. The van der Waals surface area contributed by atoms with E-state index in [1.165, 1.54) is 30.5 Å². The van der Waals surface area contributed by atoms with Crippen LogP contribution in [0.15, 0.2) is 33.6 Å². The molecular weight excluding hydrogens is 314 g/mol. The van der Waals surface area contributed by atoms with Gasteiger partial charge in [-0.25, -0.2) is 9.59 Å². The van der Waals surface area contributed by atoms with E-state index < -0.39 is 11.9 Å². The van der Waals surface area contributed by atoms with Gasteiger partial charge in [-0.3, -0.25) is 0 Å². The predicted molar refractivity (Wildman–Crippen MR) is 97.5 cm³/mol. The molecule has 2 fully saturated rings. The summed E-state index contributed by atoms with van der Waals surface area (Å²) in [5.41, 5.74) is 5.36. The molecule has 0 amide bonds. The first-order chi connectivity index (χ1) is 11.8. The van der Waals surface area contributed by atoms with Crippen molar-refractivity contribution >= 4 is 11.9 Å². The average molecular weight is 343 g/mol. The lowest BCUT2D eigenvalue weighted by Crippen LogP contribution is -2.33. The van der Waals surface area contributed by atoms with Crippen LogP contribution in [-0.2, 0) is 14.3 Å². The number of allylic oxidation sites excluding steroid dienone is 3. The fraction of sp³-hybridized carbons (Fsp3) is 0.619. The minimum Gasteiger partial charge on any atom is -0.386 e. The Balaban J connectivity index is 2.25. The highest BCUT2D eigenvalue weighted by atomic mass is 16.6. The molecule has 0 bridgehead atoms. The number of esters is 2. The third-order valence-corrected chi connectivity index (χ3v) is 6.00. The fourth-order valence-corrected chi connectivity index (χ4v) is 4.84. The van der Waals surface area contributed by atoms with Crippen LogP contribution in [0.2, 0.25) is 0 Å². The van der Waals surface area contributed by atoms with Gasteiger partial charge in [-0.05, 0) is 50.7 Å². The summed E-state index contributed by atoms with van der Waals surface area (Å²) in [4.78, 5) is 27.2. The molecule has 136 valence electrons. The van der Waals surface area contributed by atoms with E-state index in [1.807, 2.05) is 13.8 Å². The largest absolute Gasteiger partial charge is 0.386 e. The number of rotatable bonds is 2. The van der Waals surface area contributed by atoms with Crippen LogP contribution in [-0.4, -0.2) is 29.9 Å². The number of carbonyl (C=O) groups is 2. The molecule has 0 aromatic rings. The molecule has 0 aromatic carbocycles. The number of fused-ring (bicyclic) bond motifs is 1. The molecule has 0 spiro atoms. The maximum absolute atomic E-state index is 12.6. The molecule has 4 nitrogen and oxygen atoms in total. The van der Waals surface area contributed by atoms with Crippen LogP contribution >= 0.6 is 0 Å². The third kappa shape index (κ3) is 2.76. The Bertz CT molecular complexity index is 719. The Morgan fingerprint density at radius 3 is 2.28 bits per heavy atom. The molecule has 0 aromatic heterocycles. The highest BCUT2D eigenvalue weighted by molar-refractivity contribution is 6.19. The monoisotopic (exact) mass is 343 g/mol. The van der Waals surface area contributed by atoms with Crippen LogP contribution in [0.4, 0.5) is 0 Å². The average Bonchev–Trinajstić information content (AvgIpc) is 2.97. The van der Waals surface area contributed by atoms with Gasteiger partial charge in [0.25, 0.3) is 0 Å². The van der Waals surface area contributed by atoms with Gasteiger partial charge in [-0.1, -0.05) is 32.3 Å². The summed E-state index contributed by atoms with van der Waals surface area (Å²) in [6, 6.07) is 0.515. The van der Waals surface area contributed by atoms with Crippen LogP contribution in [0.3, 0.4) is 0 Å². The number of hydrogen-bond acceptors (Lipinski definition) is 4. The summed E-state index contributed by atoms with van der Waals surface area (Å²) in [7, 11) is 2.16. The van der Waals surface area contributed by atoms with E-state index in [0.717, 1.165) is 17.6 Å². The van der Waals surface area contributed by atoms with Gasteiger partial charge in [0.05, 0.1) is 11.1 Å². The maximum Gasteiger partial charge on any atom is 0.347 e. The van der Waals surface area contributed by atoms with Gasteiger partial charge in [-0.2, -0.15) is 0 Å². The van der Waals surface area contributed by atoms with Crippen LogP contribution in [0.25, 0.3) is 0 Å². The number of carbonyl (C=O) groups excluding carboxylic acids is 2. The van der Waals surface area contributed by atoms with E-state index in [0.29, 0.717) is 23.1 Å². The van der Waals surface area contributed by atoms with E-state index in [2.05, 4.69) is 32.7 Å².